The van der Waals surface area contributed by atoms with Gasteiger partial charge in [-0.05, 0) is 67.5 Å². The quantitative estimate of drug-likeness (QED) is 0.828. The minimum Gasteiger partial charge on any atom is -0.369 e. The SMILES string of the molecule is CC(CS)C1CCC(N2CCN(c3ccc(F)cc3)CC2)CC1. The number of anilines is 1. The molecule has 0 bridgehead atoms. The molecule has 2 fully saturated rings. The van der Waals surface area contributed by atoms with Crippen LogP contribution in [0.3, 0.4) is 0 Å². The lowest BCUT2D eigenvalue weighted by Gasteiger charge is -2.43. The molecule has 1 aliphatic carbocycles. The van der Waals surface area contributed by atoms with Crippen molar-refractivity contribution in [2.45, 2.75) is 38.6 Å². The van der Waals surface area contributed by atoms with E-state index in [0.717, 1.165) is 55.5 Å². The standard InChI is InChI=1S/C19H29FN2S/c1-15(14-23)16-2-6-18(7-3-16)21-10-12-22(13-11-21)19-8-4-17(20)5-9-19/h4-5,8-9,15-16,18,23H,2-3,6-7,10-14H2,1H3. The summed E-state index contributed by atoms with van der Waals surface area (Å²) >= 11 is 4.46. The van der Waals surface area contributed by atoms with Crippen LogP contribution >= 0.6 is 12.6 Å². The number of hydrogen-bond donors (Lipinski definition) is 1. The normalized spacial score (nSPS) is 27.9. The maximum Gasteiger partial charge on any atom is 0.123 e. The van der Waals surface area contributed by atoms with Crippen LogP contribution in [0.15, 0.2) is 24.3 Å². The van der Waals surface area contributed by atoms with Gasteiger partial charge in [0.15, 0.2) is 0 Å². The summed E-state index contributed by atoms with van der Waals surface area (Å²) in [6.45, 7) is 6.72. The number of thiol groups is 1. The monoisotopic (exact) mass is 336 g/mol. The minimum atomic E-state index is -0.153. The first-order valence-corrected chi connectivity index (χ1v) is 9.66. The maximum absolute atomic E-state index is 13.0. The third-order valence-electron chi connectivity index (χ3n) is 5.86. The molecule has 1 heterocycles. The zero-order valence-corrected chi connectivity index (χ0v) is 15.0. The van der Waals surface area contributed by atoms with Crippen LogP contribution in [-0.4, -0.2) is 42.9 Å². The molecule has 0 N–H and O–H groups in total. The highest BCUT2D eigenvalue weighted by Gasteiger charge is 2.29. The van der Waals surface area contributed by atoms with Crippen molar-refractivity contribution in [2.24, 2.45) is 11.8 Å². The Balaban J connectivity index is 1.47. The van der Waals surface area contributed by atoms with E-state index in [2.05, 4.69) is 29.4 Å². The summed E-state index contributed by atoms with van der Waals surface area (Å²) in [7, 11) is 0. The average molecular weight is 337 g/mol. The van der Waals surface area contributed by atoms with Crippen molar-refractivity contribution in [3.05, 3.63) is 30.1 Å². The first-order valence-electron chi connectivity index (χ1n) is 9.03. The van der Waals surface area contributed by atoms with Gasteiger partial charge in [0.2, 0.25) is 0 Å². The third-order valence-corrected chi connectivity index (χ3v) is 6.43. The number of nitrogens with zero attached hydrogens (tertiary/aromatic N) is 2. The topological polar surface area (TPSA) is 6.48 Å². The first-order chi connectivity index (χ1) is 11.2. The van der Waals surface area contributed by atoms with Gasteiger partial charge < -0.3 is 4.90 Å². The van der Waals surface area contributed by atoms with Crippen molar-refractivity contribution in [1.29, 1.82) is 0 Å². The zero-order valence-electron chi connectivity index (χ0n) is 14.1. The largest absolute Gasteiger partial charge is 0.369 e. The number of benzene rings is 1. The Kier molecular flexibility index (Phi) is 5.86. The van der Waals surface area contributed by atoms with E-state index in [-0.39, 0.29) is 5.82 Å². The predicted molar refractivity (Wildman–Crippen MR) is 98.9 cm³/mol. The lowest BCUT2D eigenvalue weighted by atomic mass is 9.79. The van der Waals surface area contributed by atoms with Gasteiger partial charge in [0.05, 0.1) is 0 Å². The van der Waals surface area contributed by atoms with Crippen molar-refractivity contribution >= 4 is 18.3 Å². The smallest absolute Gasteiger partial charge is 0.123 e. The van der Waals surface area contributed by atoms with Crippen LogP contribution in [-0.2, 0) is 0 Å². The Morgan fingerprint density at radius 1 is 1.04 bits per heavy atom. The highest BCUT2D eigenvalue weighted by Crippen LogP contribution is 2.33. The predicted octanol–water partition coefficient (Wildman–Crippen LogP) is 4.07. The van der Waals surface area contributed by atoms with Crippen LogP contribution < -0.4 is 4.90 Å². The van der Waals surface area contributed by atoms with E-state index in [9.17, 15) is 4.39 Å². The molecule has 2 aliphatic rings. The van der Waals surface area contributed by atoms with E-state index in [1.165, 1.54) is 25.7 Å². The van der Waals surface area contributed by atoms with Crippen molar-refractivity contribution in [3.8, 4) is 0 Å². The van der Waals surface area contributed by atoms with Gasteiger partial charge in [-0.15, -0.1) is 0 Å². The molecule has 0 spiro atoms. The summed E-state index contributed by atoms with van der Waals surface area (Å²) in [5.74, 6) is 2.50. The fourth-order valence-corrected chi connectivity index (χ4v) is 4.48. The molecule has 1 atom stereocenters. The summed E-state index contributed by atoms with van der Waals surface area (Å²) in [5, 5.41) is 0. The van der Waals surface area contributed by atoms with Gasteiger partial charge >= 0.3 is 0 Å². The molecule has 128 valence electrons. The molecular weight excluding hydrogens is 307 g/mol. The molecule has 1 saturated carbocycles. The fraction of sp³-hybridized carbons (Fsp3) is 0.684. The molecule has 0 amide bonds. The lowest BCUT2D eigenvalue weighted by molar-refractivity contribution is 0.118. The lowest BCUT2D eigenvalue weighted by Crippen LogP contribution is -2.51. The molecule has 1 aromatic carbocycles. The van der Waals surface area contributed by atoms with Crippen molar-refractivity contribution in [3.63, 3.8) is 0 Å². The summed E-state index contributed by atoms with van der Waals surface area (Å²) < 4.78 is 13.0. The highest BCUT2D eigenvalue weighted by molar-refractivity contribution is 7.80. The van der Waals surface area contributed by atoms with Gasteiger partial charge in [0.25, 0.3) is 0 Å². The number of rotatable bonds is 4. The molecule has 3 rings (SSSR count). The van der Waals surface area contributed by atoms with E-state index in [0.29, 0.717) is 0 Å². The van der Waals surface area contributed by atoms with Gasteiger partial charge in [-0.3, -0.25) is 4.90 Å². The second-order valence-corrected chi connectivity index (χ2v) is 7.59. The van der Waals surface area contributed by atoms with Gasteiger partial charge in [-0.1, -0.05) is 6.92 Å². The Morgan fingerprint density at radius 2 is 1.65 bits per heavy atom. The Hall–Kier alpha value is -0.740. The zero-order chi connectivity index (χ0) is 16.2. The second-order valence-electron chi connectivity index (χ2n) is 7.23. The molecule has 23 heavy (non-hydrogen) atoms. The summed E-state index contributed by atoms with van der Waals surface area (Å²) in [4.78, 5) is 5.06. The van der Waals surface area contributed by atoms with Gasteiger partial charge in [0, 0.05) is 37.9 Å². The second kappa shape index (κ2) is 7.89. The van der Waals surface area contributed by atoms with E-state index in [1.807, 2.05) is 12.1 Å². The average Bonchev–Trinajstić information content (AvgIpc) is 2.62. The van der Waals surface area contributed by atoms with E-state index < -0.39 is 0 Å². The Morgan fingerprint density at radius 3 is 2.22 bits per heavy atom. The Labute approximate surface area is 145 Å². The van der Waals surface area contributed by atoms with Crippen LogP contribution in [0.4, 0.5) is 10.1 Å². The number of halogens is 1. The van der Waals surface area contributed by atoms with Crippen LogP contribution in [0.2, 0.25) is 0 Å². The molecule has 1 unspecified atom stereocenters. The molecule has 4 heteroatoms. The van der Waals surface area contributed by atoms with Gasteiger partial charge in [-0.2, -0.15) is 12.6 Å². The van der Waals surface area contributed by atoms with Crippen molar-refractivity contribution in [2.75, 3.05) is 36.8 Å². The van der Waals surface area contributed by atoms with E-state index >= 15 is 0 Å². The van der Waals surface area contributed by atoms with E-state index in [1.54, 1.807) is 12.1 Å². The van der Waals surface area contributed by atoms with Crippen molar-refractivity contribution in [1.82, 2.24) is 4.90 Å². The molecule has 1 aliphatic heterocycles. The van der Waals surface area contributed by atoms with Gasteiger partial charge in [0.1, 0.15) is 5.82 Å². The molecule has 0 aromatic heterocycles. The number of hydrogen-bond acceptors (Lipinski definition) is 3. The molecule has 2 nitrogen and oxygen atoms in total. The number of piperazine rings is 1. The van der Waals surface area contributed by atoms with Crippen molar-refractivity contribution < 1.29 is 4.39 Å². The molecule has 1 saturated heterocycles. The summed E-state index contributed by atoms with van der Waals surface area (Å²) in [6.07, 6.45) is 5.42. The minimum absolute atomic E-state index is 0.153. The molecular formula is C19H29FN2S. The van der Waals surface area contributed by atoms with E-state index in [4.69, 9.17) is 0 Å². The highest BCUT2D eigenvalue weighted by atomic mass is 32.1. The van der Waals surface area contributed by atoms with Gasteiger partial charge in [-0.25, -0.2) is 4.39 Å². The van der Waals surface area contributed by atoms with Crippen LogP contribution in [0.25, 0.3) is 0 Å². The molecule has 0 radical (unpaired) electrons. The summed E-state index contributed by atoms with van der Waals surface area (Å²) in [6, 6.07) is 7.69. The Bertz CT molecular complexity index is 477. The summed E-state index contributed by atoms with van der Waals surface area (Å²) in [5.41, 5.74) is 1.15. The maximum atomic E-state index is 13.0. The first kappa shape index (κ1) is 17.1. The third kappa shape index (κ3) is 4.21. The molecule has 1 aromatic rings. The van der Waals surface area contributed by atoms with Crippen LogP contribution in [0.5, 0.6) is 0 Å². The van der Waals surface area contributed by atoms with Crippen LogP contribution in [0, 0.1) is 17.7 Å². The fourth-order valence-electron chi connectivity index (χ4n) is 4.18. The van der Waals surface area contributed by atoms with Crippen LogP contribution in [0.1, 0.15) is 32.6 Å².